The van der Waals surface area contributed by atoms with Crippen molar-refractivity contribution in [2.75, 3.05) is 13.2 Å². The highest BCUT2D eigenvalue weighted by Crippen LogP contribution is 2.48. The molecule has 1 aliphatic heterocycles. The summed E-state index contributed by atoms with van der Waals surface area (Å²) < 4.78 is 11.2. The minimum absolute atomic E-state index is 0.0428. The molecule has 1 heterocycles. The second kappa shape index (κ2) is 8.71. The van der Waals surface area contributed by atoms with Crippen LogP contribution < -0.4 is 5.32 Å². The zero-order valence-electron chi connectivity index (χ0n) is 18.3. The second-order valence-electron chi connectivity index (χ2n) is 8.96. The summed E-state index contributed by atoms with van der Waals surface area (Å²) in [5.41, 5.74) is -1.45. The average Bonchev–Trinajstić information content (AvgIpc) is 2.92. The Balaban J connectivity index is 2.49. The molecule has 1 fully saturated rings. The number of rotatable bonds is 7. The third-order valence-corrected chi connectivity index (χ3v) is 5.72. The number of hydrogen-bond acceptors (Lipinski definition) is 5. The molecule has 0 bridgehead atoms. The summed E-state index contributed by atoms with van der Waals surface area (Å²) in [6, 6.07) is 9.31. The molecular weight excluding hydrogens is 372 g/mol. The predicted octanol–water partition coefficient (Wildman–Crippen LogP) is 3.63. The van der Waals surface area contributed by atoms with Crippen LogP contribution in [0.1, 0.15) is 53.5 Å². The molecule has 1 aromatic rings. The van der Waals surface area contributed by atoms with E-state index in [0.717, 1.165) is 5.56 Å². The SMILES string of the molecule is CCOC(=O)CC(NCc1ccccc1)[C@]1(C(C)(C)C)COC(C)(C)N1C(=O)O. The fraction of sp³-hybridized carbons (Fsp3) is 0.636. The van der Waals surface area contributed by atoms with Crippen LogP contribution in [0.25, 0.3) is 0 Å². The molecule has 1 amide bonds. The van der Waals surface area contributed by atoms with Gasteiger partial charge in [0, 0.05) is 12.6 Å². The van der Waals surface area contributed by atoms with Crippen LogP contribution in [-0.4, -0.2) is 52.6 Å². The van der Waals surface area contributed by atoms with Crippen molar-refractivity contribution in [3.63, 3.8) is 0 Å². The highest BCUT2D eigenvalue weighted by Gasteiger charge is 2.63. The molecule has 7 nitrogen and oxygen atoms in total. The average molecular weight is 407 g/mol. The van der Waals surface area contributed by atoms with Gasteiger partial charge >= 0.3 is 12.1 Å². The fourth-order valence-electron chi connectivity index (χ4n) is 4.26. The Morgan fingerprint density at radius 2 is 1.90 bits per heavy atom. The van der Waals surface area contributed by atoms with E-state index >= 15 is 0 Å². The van der Waals surface area contributed by atoms with Gasteiger partial charge in [-0.05, 0) is 31.7 Å². The minimum Gasteiger partial charge on any atom is -0.466 e. The Morgan fingerprint density at radius 1 is 1.28 bits per heavy atom. The summed E-state index contributed by atoms with van der Waals surface area (Å²) >= 11 is 0. The third-order valence-electron chi connectivity index (χ3n) is 5.72. The maximum atomic E-state index is 12.5. The largest absolute Gasteiger partial charge is 0.466 e. The number of carboxylic acid groups (broad SMARTS) is 1. The van der Waals surface area contributed by atoms with Crippen molar-refractivity contribution in [3.05, 3.63) is 35.9 Å². The Bertz CT molecular complexity index is 714. The number of ether oxygens (including phenoxy) is 2. The molecule has 0 aromatic heterocycles. The number of carbonyl (C=O) groups is 2. The molecule has 2 N–H and O–H groups in total. The lowest BCUT2D eigenvalue weighted by Gasteiger charge is -2.52. The van der Waals surface area contributed by atoms with Gasteiger partial charge in [0.1, 0.15) is 5.72 Å². The Hall–Kier alpha value is -2.12. The summed E-state index contributed by atoms with van der Waals surface area (Å²) in [7, 11) is 0. The van der Waals surface area contributed by atoms with Crippen LogP contribution in [-0.2, 0) is 20.8 Å². The van der Waals surface area contributed by atoms with Crippen molar-refractivity contribution in [2.45, 2.75) is 71.8 Å². The first-order valence-corrected chi connectivity index (χ1v) is 10.1. The molecule has 0 spiro atoms. The van der Waals surface area contributed by atoms with E-state index in [1.807, 2.05) is 51.1 Å². The molecule has 1 saturated heterocycles. The second-order valence-corrected chi connectivity index (χ2v) is 8.96. The molecule has 0 saturated carbocycles. The van der Waals surface area contributed by atoms with E-state index in [-0.39, 0.29) is 25.6 Å². The lowest BCUT2D eigenvalue weighted by atomic mass is 9.67. The first kappa shape index (κ1) is 23.2. The van der Waals surface area contributed by atoms with Crippen LogP contribution in [0, 0.1) is 5.41 Å². The number of carbonyl (C=O) groups excluding carboxylic acids is 1. The number of nitrogens with one attached hydrogen (secondary N) is 1. The van der Waals surface area contributed by atoms with Crippen molar-refractivity contribution in [3.8, 4) is 0 Å². The Morgan fingerprint density at radius 3 is 2.41 bits per heavy atom. The quantitative estimate of drug-likeness (QED) is 0.673. The van der Waals surface area contributed by atoms with Gasteiger partial charge in [0.05, 0.1) is 25.2 Å². The molecule has 0 radical (unpaired) electrons. The number of nitrogens with zero attached hydrogens (tertiary/aromatic N) is 1. The van der Waals surface area contributed by atoms with Crippen molar-refractivity contribution in [2.24, 2.45) is 5.41 Å². The maximum Gasteiger partial charge on any atom is 0.410 e. The van der Waals surface area contributed by atoms with Crippen molar-refractivity contribution in [1.82, 2.24) is 10.2 Å². The zero-order valence-corrected chi connectivity index (χ0v) is 18.3. The third kappa shape index (κ3) is 4.73. The van der Waals surface area contributed by atoms with Gasteiger partial charge in [0.2, 0.25) is 0 Å². The van der Waals surface area contributed by atoms with Gasteiger partial charge in [-0.1, -0.05) is 51.1 Å². The smallest absolute Gasteiger partial charge is 0.410 e. The fourth-order valence-corrected chi connectivity index (χ4v) is 4.26. The summed E-state index contributed by atoms with van der Waals surface area (Å²) in [6.45, 7) is 12.1. The number of benzene rings is 1. The number of hydrogen-bond donors (Lipinski definition) is 2. The Kier molecular flexibility index (Phi) is 6.96. The van der Waals surface area contributed by atoms with Crippen LogP contribution in [0.5, 0.6) is 0 Å². The zero-order chi connectivity index (χ0) is 21.9. The molecule has 2 rings (SSSR count). The highest BCUT2D eigenvalue weighted by molar-refractivity contribution is 5.72. The summed E-state index contributed by atoms with van der Waals surface area (Å²) in [4.78, 5) is 26.2. The first-order valence-electron chi connectivity index (χ1n) is 10.1. The maximum absolute atomic E-state index is 12.5. The topological polar surface area (TPSA) is 88.1 Å². The monoisotopic (exact) mass is 406 g/mol. The molecule has 29 heavy (non-hydrogen) atoms. The van der Waals surface area contributed by atoms with Crippen LogP contribution >= 0.6 is 0 Å². The normalized spacial score (nSPS) is 22.3. The van der Waals surface area contributed by atoms with Crippen LogP contribution in [0.2, 0.25) is 0 Å². The summed E-state index contributed by atoms with van der Waals surface area (Å²) in [5.74, 6) is -0.364. The van der Waals surface area contributed by atoms with Crippen LogP contribution in [0.4, 0.5) is 4.79 Å². The molecule has 0 aliphatic carbocycles. The molecule has 2 atom stereocenters. The standard InChI is InChI=1S/C22H34N2O5/c1-7-28-18(25)13-17(23-14-16-11-9-8-10-12-16)22(20(2,3)4)15-29-21(5,6)24(22)19(26)27/h8-12,17,23H,7,13-15H2,1-6H3,(H,26,27)/t17?,22-/m0/s1. The van der Waals surface area contributed by atoms with Gasteiger partial charge < -0.3 is 19.9 Å². The van der Waals surface area contributed by atoms with E-state index in [1.165, 1.54) is 4.90 Å². The predicted molar refractivity (Wildman–Crippen MR) is 110 cm³/mol. The van der Waals surface area contributed by atoms with E-state index in [1.54, 1.807) is 20.8 Å². The number of esters is 1. The lowest BCUT2D eigenvalue weighted by molar-refractivity contribution is -0.145. The van der Waals surface area contributed by atoms with Crippen molar-refractivity contribution >= 4 is 12.1 Å². The summed E-state index contributed by atoms with van der Waals surface area (Å²) in [5, 5.41) is 13.6. The molecular formula is C22H34N2O5. The lowest BCUT2D eigenvalue weighted by Crippen LogP contribution is -2.70. The minimum atomic E-state index is -1.07. The van der Waals surface area contributed by atoms with Crippen molar-refractivity contribution < 1.29 is 24.2 Å². The van der Waals surface area contributed by atoms with E-state index < -0.39 is 28.8 Å². The van der Waals surface area contributed by atoms with Crippen molar-refractivity contribution in [1.29, 1.82) is 0 Å². The van der Waals surface area contributed by atoms with Gasteiger partial charge in [0.15, 0.2) is 0 Å². The van der Waals surface area contributed by atoms with E-state index in [2.05, 4.69) is 5.32 Å². The highest BCUT2D eigenvalue weighted by atomic mass is 16.5. The summed E-state index contributed by atoms with van der Waals surface area (Å²) in [6.07, 6.45) is -1.03. The van der Waals surface area contributed by atoms with E-state index in [9.17, 15) is 14.7 Å². The molecule has 162 valence electrons. The Labute approximate surface area is 173 Å². The van der Waals surface area contributed by atoms with Gasteiger partial charge in [0.25, 0.3) is 0 Å². The number of amides is 1. The molecule has 1 aliphatic rings. The van der Waals surface area contributed by atoms with Crippen LogP contribution in [0.15, 0.2) is 30.3 Å². The van der Waals surface area contributed by atoms with Gasteiger partial charge in [-0.2, -0.15) is 0 Å². The molecule has 1 aromatic carbocycles. The first-order chi connectivity index (χ1) is 13.5. The van der Waals surface area contributed by atoms with Gasteiger partial charge in [-0.15, -0.1) is 0 Å². The molecule has 1 unspecified atom stereocenters. The van der Waals surface area contributed by atoms with Gasteiger partial charge in [-0.3, -0.25) is 9.69 Å². The van der Waals surface area contributed by atoms with Gasteiger partial charge in [-0.25, -0.2) is 4.79 Å². The van der Waals surface area contributed by atoms with Crippen LogP contribution in [0.3, 0.4) is 0 Å². The van der Waals surface area contributed by atoms with E-state index in [0.29, 0.717) is 6.54 Å². The molecule has 7 heteroatoms. The van der Waals surface area contributed by atoms with E-state index in [4.69, 9.17) is 9.47 Å².